The number of hydrogen-bond donors (Lipinski definition) is 1. The van der Waals surface area contributed by atoms with E-state index in [1.165, 1.54) is 6.07 Å². The summed E-state index contributed by atoms with van der Waals surface area (Å²) >= 11 is 4.73. The van der Waals surface area contributed by atoms with Crippen LogP contribution in [-0.4, -0.2) is 10.2 Å². The van der Waals surface area contributed by atoms with E-state index >= 15 is 0 Å². The van der Waals surface area contributed by atoms with Crippen LogP contribution >= 0.6 is 12.2 Å². The molecule has 0 aliphatic heterocycles. The molecule has 0 saturated carbocycles. The molecular weight excluding hydrogens is 203 g/mol. The SMILES string of the molecule is Cc1cc(-c2n[nH]c(=S)o2)ccc1F. The predicted molar refractivity (Wildman–Crippen MR) is 51.8 cm³/mol. The molecule has 0 bridgehead atoms. The Bertz CT molecular complexity index is 518. The molecular formula is C9H7FN2OS. The molecule has 0 radical (unpaired) electrons. The zero-order valence-corrected chi connectivity index (χ0v) is 8.19. The van der Waals surface area contributed by atoms with E-state index in [-0.39, 0.29) is 10.7 Å². The van der Waals surface area contributed by atoms with Gasteiger partial charge >= 0.3 is 0 Å². The molecule has 0 saturated heterocycles. The van der Waals surface area contributed by atoms with Gasteiger partial charge in [0.05, 0.1) is 0 Å². The Labute approximate surface area is 84.6 Å². The minimum Gasteiger partial charge on any atom is -0.409 e. The van der Waals surface area contributed by atoms with Crippen molar-refractivity contribution in [1.82, 2.24) is 10.2 Å². The second-order valence-electron chi connectivity index (χ2n) is 2.88. The van der Waals surface area contributed by atoms with Crippen molar-refractivity contribution < 1.29 is 8.81 Å². The van der Waals surface area contributed by atoms with Crippen molar-refractivity contribution in [3.8, 4) is 11.5 Å². The number of aromatic nitrogens is 2. The lowest BCUT2D eigenvalue weighted by Crippen LogP contribution is -1.84. The second kappa shape index (κ2) is 3.34. The van der Waals surface area contributed by atoms with Crippen LogP contribution in [0.25, 0.3) is 11.5 Å². The Hall–Kier alpha value is -1.49. The van der Waals surface area contributed by atoms with Crippen LogP contribution in [0.1, 0.15) is 5.56 Å². The van der Waals surface area contributed by atoms with Crippen molar-refractivity contribution in [2.45, 2.75) is 6.92 Å². The van der Waals surface area contributed by atoms with E-state index in [9.17, 15) is 4.39 Å². The highest BCUT2D eigenvalue weighted by Gasteiger charge is 2.05. The van der Waals surface area contributed by atoms with E-state index in [1.807, 2.05) is 0 Å². The average Bonchev–Trinajstić information content (AvgIpc) is 2.57. The molecule has 2 rings (SSSR count). The third-order valence-electron chi connectivity index (χ3n) is 1.84. The molecule has 0 atom stereocenters. The van der Waals surface area contributed by atoms with E-state index < -0.39 is 0 Å². The number of hydrogen-bond acceptors (Lipinski definition) is 3. The summed E-state index contributed by atoms with van der Waals surface area (Å²) < 4.78 is 18.0. The zero-order valence-electron chi connectivity index (χ0n) is 7.37. The first-order valence-electron chi connectivity index (χ1n) is 3.99. The molecule has 0 amide bonds. The van der Waals surface area contributed by atoms with Gasteiger partial charge in [0.15, 0.2) is 0 Å². The zero-order chi connectivity index (χ0) is 10.1. The van der Waals surface area contributed by atoms with Gasteiger partial charge in [0, 0.05) is 5.56 Å². The Kier molecular flexibility index (Phi) is 2.17. The molecule has 1 aromatic carbocycles. The first-order valence-corrected chi connectivity index (χ1v) is 4.39. The van der Waals surface area contributed by atoms with Gasteiger partial charge in [-0.2, -0.15) is 0 Å². The fourth-order valence-electron chi connectivity index (χ4n) is 1.13. The lowest BCUT2D eigenvalue weighted by atomic mass is 10.1. The quantitative estimate of drug-likeness (QED) is 0.736. The Morgan fingerprint density at radius 2 is 2.29 bits per heavy atom. The first-order chi connectivity index (χ1) is 6.66. The summed E-state index contributed by atoms with van der Waals surface area (Å²) in [6, 6.07) is 4.62. The van der Waals surface area contributed by atoms with Crippen molar-refractivity contribution in [2.24, 2.45) is 0 Å². The summed E-state index contributed by atoms with van der Waals surface area (Å²) in [4.78, 5) is 0.210. The smallest absolute Gasteiger partial charge is 0.284 e. The van der Waals surface area contributed by atoms with Crippen LogP contribution in [0.15, 0.2) is 22.6 Å². The number of aromatic amines is 1. The van der Waals surface area contributed by atoms with Gasteiger partial charge < -0.3 is 4.42 Å². The number of nitrogens with zero attached hydrogens (tertiary/aromatic N) is 1. The van der Waals surface area contributed by atoms with E-state index in [0.29, 0.717) is 17.0 Å². The fraction of sp³-hybridized carbons (Fsp3) is 0.111. The molecule has 0 unspecified atom stereocenters. The molecule has 2 aromatic rings. The van der Waals surface area contributed by atoms with Crippen molar-refractivity contribution in [3.63, 3.8) is 0 Å². The van der Waals surface area contributed by atoms with Gasteiger partial charge in [0.2, 0.25) is 5.89 Å². The Balaban J connectivity index is 2.52. The maximum Gasteiger partial charge on any atom is 0.284 e. The van der Waals surface area contributed by atoms with Crippen molar-refractivity contribution in [2.75, 3.05) is 0 Å². The first kappa shape index (κ1) is 9.08. The van der Waals surface area contributed by atoms with E-state index in [0.717, 1.165) is 0 Å². The molecule has 14 heavy (non-hydrogen) atoms. The number of rotatable bonds is 1. The highest BCUT2D eigenvalue weighted by molar-refractivity contribution is 7.71. The van der Waals surface area contributed by atoms with Crippen molar-refractivity contribution >= 4 is 12.2 Å². The van der Waals surface area contributed by atoms with Crippen LogP contribution in [-0.2, 0) is 0 Å². The van der Waals surface area contributed by atoms with Gasteiger partial charge in [0.1, 0.15) is 5.82 Å². The van der Waals surface area contributed by atoms with Gasteiger partial charge in [-0.1, -0.05) is 0 Å². The molecule has 1 heterocycles. The van der Waals surface area contributed by atoms with Crippen LogP contribution < -0.4 is 0 Å². The molecule has 0 fully saturated rings. The average molecular weight is 210 g/mol. The van der Waals surface area contributed by atoms with Gasteiger partial charge in [-0.25, -0.2) is 9.49 Å². The van der Waals surface area contributed by atoms with Crippen LogP contribution in [0.3, 0.4) is 0 Å². The largest absolute Gasteiger partial charge is 0.409 e. The standard InChI is InChI=1S/C9H7FN2OS/c1-5-4-6(2-3-7(5)10)8-11-12-9(14)13-8/h2-4H,1H3,(H,12,14). The molecule has 5 heteroatoms. The van der Waals surface area contributed by atoms with Gasteiger partial charge in [-0.3, -0.25) is 0 Å². The van der Waals surface area contributed by atoms with Gasteiger partial charge in [0.25, 0.3) is 4.84 Å². The molecule has 0 aliphatic rings. The summed E-state index contributed by atoms with van der Waals surface area (Å²) in [5, 5.41) is 6.34. The van der Waals surface area contributed by atoms with Crippen molar-refractivity contribution in [1.29, 1.82) is 0 Å². The van der Waals surface area contributed by atoms with Crippen LogP contribution in [0.2, 0.25) is 0 Å². The monoisotopic (exact) mass is 210 g/mol. The van der Waals surface area contributed by atoms with Crippen LogP contribution in [0.4, 0.5) is 4.39 Å². The topological polar surface area (TPSA) is 41.8 Å². The second-order valence-corrected chi connectivity index (χ2v) is 3.25. The highest BCUT2D eigenvalue weighted by atomic mass is 32.1. The third-order valence-corrected chi connectivity index (χ3v) is 2.02. The summed E-state index contributed by atoms with van der Waals surface area (Å²) in [6.07, 6.45) is 0. The third kappa shape index (κ3) is 1.58. The number of aryl methyl sites for hydroxylation is 1. The summed E-state index contributed by atoms with van der Waals surface area (Å²) in [7, 11) is 0. The minimum atomic E-state index is -0.247. The number of halogens is 1. The Morgan fingerprint density at radius 1 is 1.50 bits per heavy atom. The number of benzene rings is 1. The van der Waals surface area contributed by atoms with Gasteiger partial charge in [-0.05, 0) is 42.9 Å². The van der Waals surface area contributed by atoms with Crippen LogP contribution in [0, 0.1) is 17.6 Å². The molecule has 0 spiro atoms. The molecule has 1 aromatic heterocycles. The molecule has 0 aliphatic carbocycles. The minimum absolute atomic E-state index is 0.210. The summed E-state index contributed by atoms with van der Waals surface area (Å²) in [5.41, 5.74) is 1.25. The lowest BCUT2D eigenvalue weighted by molar-refractivity contribution is 0.551. The van der Waals surface area contributed by atoms with E-state index in [4.69, 9.17) is 16.6 Å². The van der Waals surface area contributed by atoms with E-state index in [2.05, 4.69) is 10.2 Å². The van der Waals surface area contributed by atoms with E-state index in [1.54, 1.807) is 19.1 Å². The fourth-order valence-corrected chi connectivity index (χ4v) is 1.26. The summed E-state index contributed by atoms with van der Waals surface area (Å²) in [6.45, 7) is 1.68. The molecule has 3 nitrogen and oxygen atoms in total. The number of nitrogens with one attached hydrogen (secondary N) is 1. The molecule has 72 valence electrons. The normalized spacial score (nSPS) is 10.4. The maximum atomic E-state index is 12.9. The predicted octanol–water partition coefficient (Wildman–Crippen LogP) is 2.85. The van der Waals surface area contributed by atoms with Crippen molar-refractivity contribution in [3.05, 3.63) is 34.4 Å². The summed E-state index contributed by atoms with van der Waals surface area (Å²) in [5.74, 6) is 0.126. The highest BCUT2D eigenvalue weighted by Crippen LogP contribution is 2.19. The molecule has 1 N–H and O–H groups in total. The van der Waals surface area contributed by atoms with Gasteiger partial charge in [-0.15, -0.1) is 5.10 Å². The lowest BCUT2D eigenvalue weighted by Gasteiger charge is -1.97. The van der Waals surface area contributed by atoms with Crippen LogP contribution in [0.5, 0.6) is 0 Å². The Morgan fingerprint density at radius 3 is 2.86 bits per heavy atom. The maximum absolute atomic E-state index is 12.9. The number of H-pyrrole nitrogens is 1.